The Morgan fingerprint density at radius 1 is 1.00 bits per heavy atom. The molecule has 0 bridgehead atoms. The highest BCUT2D eigenvalue weighted by Gasteiger charge is 1.47. The molecule has 0 fully saturated rings. The van der Waals surface area contributed by atoms with Crippen molar-refractivity contribution in [1.29, 1.82) is 0 Å². The van der Waals surface area contributed by atoms with Gasteiger partial charge in [-0.2, -0.15) is 0 Å². The molecular weight excluding hydrogens is 151 g/mol. The summed E-state index contributed by atoms with van der Waals surface area (Å²) in [7, 11) is 0. The molecule has 0 amide bonds. The Bertz CT molecular complexity index is 8.04. The van der Waals surface area contributed by atoms with Crippen LogP contribution in [0, 0.1) is 22.7 Å². The predicted octanol–water partition coefficient (Wildman–Crippen LogP) is -4.32. The third-order valence-electron chi connectivity index (χ3n) is 0. The van der Waals surface area contributed by atoms with Gasteiger partial charge in [-0.1, -0.05) is 0 Å². The zero-order valence-corrected chi connectivity index (χ0v) is 4.48. The van der Waals surface area contributed by atoms with E-state index in [1.165, 1.54) is 0 Å². The summed E-state index contributed by atoms with van der Waals surface area (Å²) in [6.07, 6.45) is 0. The molecule has 0 unspecified atom stereocenters. The summed E-state index contributed by atoms with van der Waals surface area (Å²) in [5.41, 5.74) is 0. The Morgan fingerprint density at radius 2 is 1.00 bits per heavy atom. The van der Waals surface area contributed by atoms with Crippen molar-refractivity contribution in [2.45, 2.75) is 0 Å². The first-order valence-electron chi connectivity index (χ1n) is 0.647. The fourth-order valence-electron chi connectivity index (χ4n) is 0. The van der Waals surface area contributed by atoms with Crippen LogP contribution in [0.15, 0.2) is 0 Å². The largest absolute Gasteiger partial charge is 0.506 e. The van der Waals surface area contributed by atoms with Crippen LogP contribution >= 0.6 is 0 Å². The summed E-state index contributed by atoms with van der Waals surface area (Å²) in [5.74, 6) is 0. The first kappa shape index (κ1) is 15.7. The van der Waals surface area contributed by atoms with Crippen molar-refractivity contribution < 1.29 is 46.8 Å². The van der Waals surface area contributed by atoms with Crippen molar-refractivity contribution >= 4 is 0 Å². The van der Waals surface area contributed by atoms with Crippen molar-refractivity contribution in [1.82, 2.24) is 0 Å². The third-order valence-corrected chi connectivity index (χ3v) is 0. The molecule has 0 atom stereocenters. The Balaban J connectivity index is -0.0000000400. The number of hydrogen-bond acceptors (Lipinski definition) is 4. The number of hydrogen-bond donors (Lipinski definition) is 2. The quantitative estimate of drug-likeness (QED) is 0.367. The molecule has 0 aromatic carbocycles. The van der Waals surface area contributed by atoms with Crippen molar-refractivity contribution in [3.8, 4) is 0 Å². The van der Waals surface area contributed by atoms with Gasteiger partial charge in [-0.05, 0) is 0 Å². The van der Waals surface area contributed by atoms with E-state index in [1.54, 1.807) is 0 Å². The maximum atomic E-state index is 8.35. The van der Waals surface area contributed by atoms with Crippen molar-refractivity contribution in [3.05, 3.63) is 0 Å². The minimum absolute atomic E-state index is 0. The topological polar surface area (TPSA) is 118 Å². The molecule has 0 aromatic rings. The van der Waals surface area contributed by atoms with Crippen LogP contribution in [-0.4, -0.2) is 14.8 Å². The van der Waals surface area contributed by atoms with Gasteiger partial charge in [0.1, 0.15) is 0 Å². The van der Waals surface area contributed by atoms with Crippen LogP contribution in [0.5, 0.6) is 0 Å². The lowest BCUT2D eigenvalue weighted by Crippen LogP contribution is -1.94. The minimum Gasteiger partial charge on any atom is -0.506 e. The van der Waals surface area contributed by atoms with E-state index in [2.05, 4.69) is 0 Å². The van der Waals surface area contributed by atoms with E-state index in [0.717, 1.165) is 0 Å². The van der Waals surface area contributed by atoms with Gasteiger partial charge < -0.3 is 14.8 Å². The highest BCUT2D eigenvalue weighted by molar-refractivity contribution is 1.71. The standard InChI is InChI=1S/2ClHO2.H2O/c2*2-1-3;/h2*2H;1H2. The molecule has 0 radical (unpaired) electrons. The summed E-state index contributed by atoms with van der Waals surface area (Å²) >= 11 is -0.333. The van der Waals surface area contributed by atoms with Gasteiger partial charge in [0.25, 0.3) is 0 Å². The van der Waals surface area contributed by atoms with Gasteiger partial charge in [0.15, 0.2) is 0 Å². The normalized spacial score (nSPS) is 5.14. The van der Waals surface area contributed by atoms with Crippen LogP contribution in [0.1, 0.15) is 0 Å². The second kappa shape index (κ2) is 32.6. The molecule has 0 saturated carbocycles. The van der Waals surface area contributed by atoms with Crippen LogP contribution in [0.25, 0.3) is 0 Å². The third kappa shape index (κ3) is 848. The molecule has 0 heterocycles. The van der Waals surface area contributed by atoms with Gasteiger partial charge in [-0.3, -0.25) is 0 Å². The molecule has 4 N–H and O–H groups in total. The predicted molar refractivity (Wildman–Crippen MR) is 8.05 cm³/mol. The average Bonchev–Trinajstić information content (AvgIpc) is 1.39. The monoisotopic (exact) mass is 154 g/mol. The molecule has 0 aliphatic rings. The van der Waals surface area contributed by atoms with Gasteiger partial charge in [0.05, 0.1) is 0 Å². The molecule has 5 nitrogen and oxygen atoms in total. The van der Waals surface area contributed by atoms with Gasteiger partial charge in [0.2, 0.25) is 0 Å². The average molecular weight is 155 g/mol. The number of halogens is 2. The second-order valence-electron chi connectivity index (χ2n) is 0.138. The van der Waals surface area contributed by atoms with Crippen molar-refractivity contribution in [3.63, 3.8) is 0 Å². The highest BCUT2D eigenvalue weighted by Crippen LogP contribution is 1.14. The first-order valence-corrected chi connectivity index (χ1v) is 1.94. The van der Waals surface area contributed by atoms with Crippen LogP contribution in [0.3, 0.4) is 0 Å². The lowest BCUT2D eigenvalue weighted by atomic mass is 15.9. The smallest absolute Gasteiger partial charge is 0.327 e. The molecule has 0 aromatic heterocycles. The van der Waals surface area contributed by atoms with Gasteiger partial charge >= 0.3 is 22.7 Å². The summed E-state index contributed by atoms with van der Waals surface area (Å²) < 4.78 is 30.4. The maximum absolute atomic E-state index is 8.35. The van der Waals surface area contributed by atoms with E-state index >= 15 is 0 Å². The van der Waals surface area contributed by atoms with Crippen LogP contribution in [0.4, 0.5) is 0 Å². The molecule has 0 saturated heterocycles. The second-order valence-corrected chi connectivity index (χ2v) is 0.414. The Labute approximate surface area is 47.6 Å². The number of rotatable bonds is 0. The van der Waals surface area contributed by atoms with E-state index in [0.29, 0.717) is 0 Å². The van der Waals surface area contributed by atoms with Crippen molar-refractivity contribution in [2.75, 3.05) is 0 Å². The zero-order chi connectivity index (χ0) is 5.41. The van der Waals surface area contributed by atoms with E-state index in [4.69, 9.17) is 18.6 Å². The summed E-state index contributed by atoms with van der Waals surface area (Å²) in [4.78, 5) is 0. The summed E-state index contributed by atoms with van der Waals surface area (Å²) in [6, 6.07) is 0. The fraction of sp³-hybridized carbons (Fsp3) is 0. The van der Waals surface area contributed by atoms with Gasteiger partial charge in [-0.25, -0.2) is 0 Å². The Hall–Kier alpha value is 0.380. The molecule has 7 heteroatoms. The molecule has 0 rings (SSSR count). The minimum atomic E-state index is -0.167. The summed E-state index contributed by atoms with van der Waals surface area (Å²) in [5, 5.41) is 0. The maximum Gasteiger partial charge on any atom is 0.327 e. The fourth-order valence-corrected chi connectivity index (χ4v) is 0. The van der Waals surface area contributed by atoms with E-state index in [-0.39, 0.29) is 28.1 Å². The Kier molecular flexibility index (Phi) is 72.9. The molecule has 0 spiro atoms. The van der Waals surface area contributed by atoms with E-state index in [1.807, 2.05) is 0 Å². The first-order chi connectivity index (χ1) is 2.83. The lowest BCUT2D eigenvalue weighted by molar-refractivity contribution is -1.27. The highest BCUT2D eigenvalue weighted by atomic mass is 35.6. The summed E-state index contributed by atoms with van der Waals surface area (Å²) in [6.45, 7) is 0. The lowest BCUT2D eigenvalue weighted by Gasteiger charge is -1.46. The van der Waals surface area contributed by atoms with Gasteiger partial charge in [0, 0.05) is 0 Å². The molecule has 7 heavy (non-hydrogen) atoms. The SMILES string of the molecule is O.[O-][Cl+]O.[O-][Cl+]O. The van der Waals surface area contributed by atoms with E-state index in [9.17, 15) is 0 Å². The Morgan fingerprint density at radius 3 is 1.00 bits per heavy atom. The van der Waals surface area contributed by atoms with E-state index < -0.39 is 0 Å². The van der Waals surface area contributed by atoms with Crippen LogP contribution in [0.2, 0.25) is 0 Å². The van der Waals surface area contributed by atoms with Gasteiger partial charge in [-0.15, -0.1) is 9.32 Å². The van der Waals surface area contributed by atoms with Crippen LogP contribution < -0.4 is 9.32 Å². The molecule has 0 aliphatic carbocycles. The molecular formula is H4Cl2O5. The zero-order valence-electron chi connectivity index (χ0n) is 2.97. The van der Waals surface area contributed by atoms with Crippen LogP contribution in [-0.2, 0) is 0 Å². The molecule has 48 valence electrons. The molecule has 0 aliphatic heterocycles. The van der Waals surface area contributed by atoms with Crippen molar-refractivity contribution in [2.24, 2.45) is 0 Å².